The minimum absolute atomic E-state index is 0.677. The fourth-order valence-corrected chi connectivity index (χ4v) is 3.87. The van der Waals surface area contributed by atoms with Crippen molar-refractivity contribution in [3.8, 4) is 27.7 Å². The second-order valence-electron chi connectivity index (χ2n) is 6.08. The molecule has 0 spiro atoms. The zero-order valence-electron chi connectivity index (χ0n) is 16.0. The van der Waals surface area contributed by atoms with Gasteiger partial charge in [0.1, 0.15) is 5.75 Å². The van der Waals surface area contributed by atoms with Gasteiger partial charge in [0.05, 0.1) is 21.3 Å². The number of thiophene rings is 1. The highest BCUT2D eigenvalue weighted by Crippen LogP contribution is 2.34. The molecule has 0 aliphatic heterocycles. The van der Waals surface area contributed by atoms with E-state index in [9.17, 15) is 0 Å². The molecule has 0 amide bonds. The second kappa shape index (κ2) is 9.44. The van der Waals surface area contributed by atoms with Crippen molar-refractivity contribution in [2.75, 3.05) is 27.9 Å². The fraction of sp³-hybridized carbons (Fsp3) is 0.273. The van der Waals surface area contributed by atoms with Crippen molar-refractivity contribution in [3.63, 3.8) is 0 Å². The molecular formula is C22H25NO3S. The highest BCUT2D eigenvalue weighted by Gasteiger charge is 2.12. The summed E-state index contributed by atoms with van der Waals surface area (Å²) in [4.78, 5) is 1.30. The molecule has 0 saturated carbocycles. The SMILES string of the molecule is COc1cc(OC)c(OC)cc1CCNCc1ccccc1-c1cccs1. The molecule has 1 N–H and O–H groups in total. The van der Waals surface area contributed by atoms with E-state index in [1.165, 1.54) is 16.0 Å². The van der Waals surface area contributed by atoms with Gasteiger partial charge >= 0.3 is 0 Å². The molecule has 142 valence electrons. The van der Waals surface area contributed by atoms with Crippen LogP contribution >= 0.6 is 11.3 Å². The zero-order valence-corrected chi connectivity index (χ0v) is 16.8. The molecular weight excluding hydrogens is 358 g/mol. The van der Waals surface area contributed by atoms with Crippen LogP contribution in [0.2, 0.25) is 0 Å². The van der Waals surface area contributed by atoms with E-state index >= 15 is 0 Å². The molecule has 0 fully saturated rings. The molecule has 2 aromatic carbocycles. The molecule has 0 aliphatic rings. The smallest absolute Gasteiger partial charge is 0.164 e. The lowest BCUT2D eigenvalue weighted by Gasteiger charge is -2.15. The first-order valence-corrected chi connectivity index (χ1v) is 9.76. The lowest BCUT2D eigenvalue weighted by molar-refractivity contribution is 0.347. The third-order valence-corrected chi connectivity index (χ3v) is 5.38. The number of hydrogen-bond donors (Lipinski definition) is 1. The van der Waals surface area contributed by atoms with E-state index in [-0.39, 0.29) is 0 Å². The summed E-state index contributed by atoms with van der Waals surface area (Å²) in [6.45, 7) is 1.66. The van der Waals surface area contributed by atoms with E-state index in [1.54, 1.807) is 32.7 Å². The van der Waals surface area contributed by atoms with E-state index in [1.807, 2.05) is 12.1 Å². The van der Waals surface area contributed by atoms with Gasteiger partial charge in [-0.2, -0.15) is 0 Å². The minimum Gasteiger partial charge on any atom is -0.496 e. The first-order valence-electron chi connectivity index (χ1n) is 8.88. The maximum absolute atomic E-state index is 5.51. The van der Waals surface area contributed by atoms with E-state index < -0.39 is 0 Å². The summed E-state index contributed by atoms with van der Waals surface area (Å²) in [7, 11) is 4.95. The number of rotatable bonds is 9. The number of methoxy groups -OCH3 is 3. The van der Waals surface area contributed by atoms with Crippen LogP contribution in [-0.4, -0.2) is 27.9 Å². The van der Waals surface area contributed by atoms with Crippen molar-refractivity contribution in [1.82, 2.24) is 5.32 Å². The Labute approximate surface area is 164 Å². The van der Waals surface area contributed by atoms with Crippen LogP contribution in [0, 0.1) is 0 Å². The van der Waals surface area contributed by atoms with Crippen molar-refractivity contribution < 1.29 is 14.2 Å². The maximum atomic E-state index is 5.51. The Morgan fingerprint density at radius 1 is 0.815 bits per heavy atom. The van der Waals surface area contributed by atoms with Crippen molar-refractivity contribution in [1.29, 1.82) is 0 Å². The molecule has 27 heavy (non-hydrogen) atoms. The highest BCUT2D eigenvalue weighted by molar-refractivity contribution is 7.13. The summed E-state index contributed by atoms with van der Waals surface area (Å²) in [6, 6.07) is 16.7. The molecule has 0 atom stereocenters. The average Bonchev–Trinajstić information content (AvgIpc) is 3.25. The molecule has 3 aromatic rings. The van der Waals surface area contributed by atoms with Gasteiger partial charge in [0.15, 0.2) is 11.5 Å². The molecule has 0 bridgehead atoms. The minimum atomic E-state index is 0.677. The largest absolute Gasteiger partial charge is 0.496 e. The summed E-state index contributed by atoms with van der Waals surface area (Å²) in [5.74, 6) is 2.21. The number of ether oxygens (including phenoxy) is 3. The van der Waals surface area contributed by atoms with Crippen LogP contribution in [0.25, 0.3) is 10.4 Å². The molecule has 1 heterocycles. The Bertz CT molecular complexity index is 862. The quantitative estimate of drug-likeness (QED) is 0.540. The van der Waals surface area contributed by atoms with Crippen molar-refractivity contribution in [2.45, 2.75) is 13.0 Å². The highest BCUT2D eigenvalue weighted by atomic mass is 32.1. The van der Waals surface area contributed by atoms with Crippen LogP contribution in [0.4, 0.5) is 0 Å². The van der Waals surface area contributed by atoms with Crippen molar-refractivity contribution in [2.24, 2.45) is 0 Å². The Morgan fingerprint density at radius 3 is 2.26 bits per heavy atom. The first-order chi connectivity index (χ1) is 13.3. The van der Waals surface area contributed by atoms with E-state index in [0.29, 0.717) is 5.75 Å². The predicted molar refractivity (Wildman–Crippen MR) is 111 cm³/mol. The third-order valence-electron chi connectivity index (χ3n) is 4.48. The molecule has 0 saturated heterocycles. The van der Waals surface area contributed by atoms with Crippen LogP contribution in [0.5, 0.6) is 17.2 Å². The predicted octanol–water partition coefficient (Wildman–Crippen LogP) is 4.77. The van der Waals surface area contributed by atoms with Crippen LogP contribution in [0.15, 0.2) is 53.9 Å². The summed E-state index contributed by atoms with van der Waals surface area (Å²) in [6.07, 6.45) is 0.838. The van der Waals surface area contributed by atoms with Crippen LogP contribution < -0.4 is 19.5 Å². The molecule has 3 rings (SSSR count). The lowest BCUT2D eigenvalue weighted by Crippen LogP contribution is -2.17. The summed E-state index contributed by atoms with van der Waals surface area (Å²) in [5, 5.41) is 5.66. The lowest BCUT2D eigenvalue weighted by atomic mass is 10.1. The van der Waals surface area contributed by atoms with Crippen molar-refractivity contribution in [3.05, 3.63) is 65.0 Å². The van der Waals surface area contributed by atoms with Crippen LogP contribution in [0.1, 0.15) is 11.1 Å². The molecule has 1 aromatic heterocycles. The number of benzene rings is 2. The Balaban J connectivity index is 1.65. The summed E-state index contributed by atoms with van der Waals surface area (Å²) in [5.41, 5.74) is 3.69. The van der Waals surface area contributed by atoms with Crippen LogP contribution in [0.3, 0.4) is 0 Å². The van der Waals surface area contributed by atoms with Crippen molar-refractivity contribution >= 4 is 11.3 Å². The maximum Gasteiger partial charge on any atom is 0.164 e. The molecule has 5 heteroatoms. The molecule has 4 nitrogen and oxygen atoms in total. The van der Waals surface area contributed by atoms with E-state index in [0.717, 1.165) is 36.6 Å². The van der Waals surface area contributed by atoms with Crippen LogP contribution in [-0.2, 0) is 13.0 Å². The van der Waals surface area contributed by atoms with E-state index in [4.69, 9.17) is 14.2 Å². The Kier molecular flexibility index (Phi) is 6.74. The van der Waals surface area contributed by atoms with Gasteiger partial charge in [-0.3, -0.25) is 0 Å². The summed E-state index contributed by atoms with van der Waals surface area (Å²) < 4.78 is 16.3. The van der Waals surface area contributed by atoms with Gasteiger partial charge in [-0.05, 0) is 47.2 Å². The zero-order chi connectivity index (χ0) is 19.1. The first kappa shape index (κ1) is 19.3. The second-order valence-corrected chi connectivity index (χ2v) is 7.03. The van der Waals surface area contributed by atoms with Gasteiger partial charge in [0.2, 0.25) is 0 Å². The van der Waals surface area contributed by atoms with Gasteiger partial charge in [-0.25, -0.2) is 0 Å². The molecule has 0 unspecified atom stereocenters. The van der Waals surface area contributed by atoms with Gasteiger partial charge in [-0.15, -0.1) is 11.3 Å². The van der Waals surface area contributed by atoms with Gasteiger partial charge in [0, 0.05) is 17.5 Å². The summed E-state index contributed by atoms with van der Waals surface area (Å²) >= 11 is 1.77. The number of hydrogen-bond acceptors (Lipinski definition) is 5. The molecule has 0 aliphatic carbocycles. The average molecular weight is 384 g/mol. The van der Waals surface area contributed by atoms with E-state index in [2.05, 4.69) is 47.1 Å². The Hall–Kier alpha value is -2.50. The fourth-order valence-electron chi connectivity index (χ4n) is 3.08. The van der Waals surface area contributed by atoms with Gasteiger partial charge < -0.3 is 19.5 Å². The Morgan fingerprint density at radius 2 is 1.56 bits per heavy atom. The molecule has 0 radical (unpaired) electrons. The van der Waals surface area contributed by atoms with Gasteiger partial charge in [0.25, 0.3) is 0 Å². The third kappa shape index (κ3) is 4.62. The van der Waals surface area contributed by atoms with Gasteiger partial charge in [-0.1, -0.05) is 30.3 Å². The number of nitrogens with one attached hydrogen (secondary N) is 1. The normalized spacial score (nSPS) is 10.6. The monoisotopic (exact) mass is 383 g/mol. The standard InChI is InChI=1S/C22H25NO3S/c1-24-19-14-21(26-3)20(25-2)13-16(19)10-11-23-15-17-7-4-5-8-18(17)22-9-6-12-27-22/h4-9,12-14,23H,10-11,15H2,1-3H3. The topological polar surface area (TPSA) is 39.7 Å².